The van der Waals surface area contributed by atoms with E-state index >= 15 is 0 Å². The third kappa shape index (κ3) is 3.31. The Hall–Kier alpha value is -2.13. The predicted molar refractivity (Wildman–Crippen MR) is 87.3 cm³/mol. The molecular formula is C18H21N3. The lowest BCUT2D eigenvalue weighted by Crippen LogP contribution is -2.15. The van der Waals surface area contributed by atoms with Gasteiger partial charge in [0.1, 0.15) is 0 Å². The summed E-state index contributed by atoms with van der Waals surface area (Å²) in [6.45, 7) is 4.02. The maximum atomic E-state index is 4.06. The molecule has 0 atom stereocenters. The Labute approximate surface area is 125 Å². The zero-order chi connectivity index (χ0) is 14.5. The fraction of sp³-hybridized carbons (Fsp3) is 0.278. The van der Waals surface area contributed by atoms with Gasteiger partial charge in [0, 0.05) is 12.2 Å². The van der Waals surface area contributed by atoms with Gasteiger partial charge in [-0.25, -0.2) is 0 Å². The van der Waals surface area contributed by atoms with Gasteiger partial charge in [-0.15, -0.1) is 0 Å². The Morgan fingerprint density at radius 1 is 1.05 bits per heavy atom. The fourth-order valence-corrected chi connectivity index (χ4v) is 2.70. The summed E-state index contributed by atoms with van der Waals surface area (Å²) in [4.78, 5) is 0. The van der Waals surface area contributed by atoms with Crippen molar-refractivity contribution < 1.29 is 0 Å². The van der Waals surface area contributed by atoms with Crippen LogP contribution >= 0.6 is 0 Å². The molecule has 0 aliphatic heterocycles. The number of benzene rings is 2. The molecule has 1 heterocycles. The average Bonchev–Trinajstić information content (AvgIpc) is 2.92. The lowest BCUT2D eigenvalue weighted by molar-refractivity contribution is 0.651. The highest BCUT2D eigenvalue weighted by atomic mass is 15.1. The van der Waals surface area contributed by atoms with Crippen LogP contribution in [0.2, 0.25) is 0 Å². The number of fused-ring (bicyclic) bond motifs is 1. The summed E-state index contributed by atoms with van der Waals surface area (Å²) in [5.74, 6) is 0. The van der Waals surface area contributed by atoms with Crippen molar-refractivity contribution in [2.45, 2.75) is 26.3 Å². The third-order valence-corrected chi connectivity index (χ3v) is 3.93. The second kappa shape index (κ2) is 6.55. The van der Waals surface area contributed by atoms with Gasteiger partial charge in [-0.2, -0.15) is 5.10 Å². The van der Waals surface area contributed by atoms with Gasteiger partial charge in [0.15, 0.2) is 0 Å². The summed E-state index contributed by atoms with van der Waals surface area (Å²) in [6, 6.07) is 15.1. The van der Waals surface area contributed by atoms with Gasteiger partial charge in [-0.3, -0.25) is 5.10 Å². The topological polar surface area (TPSA) is 40.7 Å². The van der Waals surface area contributed by atoms with Crippen molar-refractivity contribution in [2.75, 3.05) is 6.54 Å². The number of nitrogens with one attached hydrogen (secondary N) is 2. The van der Waals surface area contributed by atoms with Crippen molar-refractivity contribution in [3.05, 3.63) is 65.5 Å². The molecule has 0 amide bonds. The summed E-state index contributed by atoms with van der Waals surface area (Å²) < 4.78 is 0. The van der Waals surface area contributed by atoms with Crippen LogP contribution in [0.3, 0.4) is 0 Å². The Morgan fingerprint density at radius 2 is 1.90 bits per heavy atom. The predicted octanol–water partition coefficient (Wildman–Crippen LogP) is 3.59. The summed E-state index contributed by atoms with van der Waals surface area (Å²) in [6.07, 6.45) is 4.13. The minimum Gasteiger partial charge on any atom is -0.313 e. The molecule has 0 fully saturated rings. The van der Waals surface area contributed by atoms with E-state index < -0.39 is 0 Å². The first-order valence-electron chi connectivity index (χ1n) is 7.51. The van der Waals surface area contributed by atoms with Gasteiger partial charge >= 0.3 is 0 Å². The molecule has 0 aliphatic carbocycles. The standard InChI is InChI=1S/C18H21N3/c1-14-16(13-20-21-14)9-5-11-19-12-17-8-4-7-15-6-2-3-10-18(15)17/h2-4,6-8,10,13,19H,5,9,11-12H2,1H3,(H,20,21). The summed E-state index contributed by atoms with van der Waals surface area (Å²) in [5.41, 5.74) is 3.87. The number of hydrogen-bond acceptors (Lipinski definition) is 2. The molecule has 3 heteroatoms. The molecule has 0 bridgehead atoms. The van der Waals surface area contributed by atoms with Crippen molar-refractivity contribution in [3.63, 3.8) is 0 Å². The highest BCUT2D eigenvalue weighted by Crippen LogP contribution is 2.18. The first kappa shape index (κ1) is 13.8. The van der Waals surface area contributed by atoms with Crippen LogP contribution < -0.4 is 5.32 Å². The number of aryl methyl sites for hydroxylation is 2. The second-order valence-corrected chi connectivity index (χ2v) is 5.44. The van der Waals surface area contributed by atoms with Gasteiger partial charge in [-0.1, -0.05) is 42.5 Å². The molecule has 0 radical (unpaired) electrons. The van der Waals surface area contributed by atoms with Crippen LogP contribution in [0.25, 0.3) is 10.8 Å². The van der Waals surface area contributed by atoms with E-state index in [9.17, 15) is 0 Å². The van der Waals surface area contributed by atoms with E-state index in [1.54, 1.807) is 0 Å². The molecule has 2 N–H and O–H groups in total. The second-order valence-electron chi connectivity index (χ2n) is 5.44. The smallest absolute Gasteiger partial charge is 0.0522 e. The molecular weight excluding hydrogens is 258 g/mol. The van der Waals surface area contributed by atoms with Crippen LogP contribution in [-0.4, -0.2) is 16.7 Å². The van der Waals surface area contributed by atoms with Gasteiger partial charge in [0.25, 0.3) is 0 Å². The first-order chi connectivity index (χ1) is 10.3. The van der Waals surface area contributed by atoms with Crippen molar-refractivity contribution in [1.29, 1.82) is 0 Å². The molecule has 2 aromatic carbocycles. The van der Waals surface area contributed by atoms with Gasteiger partial charge in [0.2, 0.25) is 0 Å². The summed E-state index contributed by atoms with van der Waals surface area (Å²) in [7, 11) is 0. The molecule has 0 spiro atoms. The number of hydrogen-bond donors (Lipinski definition) is 2. The first-order valence-corrected chi connectivity index (χ1v) is 7.51. The molecule has 3 aromatic rings. The van der Waals surface area contributed by atoms with Crippen molar-refractivity contribution >= 4 is 10.8 Å². The summed E-state index contributed by atoms with van der Waals surface area (Å²) in [5, 5.41) is 13.2. The maximum Gasteiger partial charge on any atom is 0.0522 e. The van der Waals surface area contributed by atoms with Crippen molar-refractivity contribution in [1.82, 2.24) is 15.5 Å². The molecule has 3 nitrogen and oxygen atoms in total. The van der Waals surface area contributed by atoms with Crippen LogP contribution in [0.5, 0.6) is 0 Å². The number of aromatic nitrogens is 2. The monoisotopic (exact) mass is 279 g/mol. The Bertz CT molecular complexity index is 710. The normalized spacial score (nSPS) is 11.1. The van der Waals surface area contributed by atoms with Crippen LogP contribution in [0, 0.1) is 6.92 Å². The SMILES string of the molecule is Cc1[nH]ncc1CCCNCc1cccc2ccccc12. The average molecular weight is 279 g/mol. The van der Waals surface area contributed by atoms with E-state index in [4.69, 9.17) is 0 Å². The van der Waals surface area contributed by atoms with E-state index in [0.29, 0.717) is 0 Å². The van der Waals surface area contributed by atoms with Crippen LogP contribution in [-0.2, 0) is 13.0 Å². The van der Waals surface area contributed by atoms with Crippen LogP contribution in [0.15, 0.2) is 48.7 Å². The van der Waals surface area contributed by atoms with Gasteiger partial charge in [0.05, 0.1) is 6.20 Å². The Balaban J connectivity index is 1.52. The van der Waals surface area contributed by atoms with Crippen LogP contribution in [0.1, 0.15) is 23.2 Å². The molecule has 21 heavy (non-hydrogen) atoms. The lowest BCUT2D eigenvalue weighted by atomic mass is 10.0. The van der Waals surface area contributed by atoms with E-state index in [1.807, 2.05) is 6.20 Å². The highest BCUT2D eigenvalue weighted by molar-refractivity contribution is 5.85. The quantitative estimate of drug-likeness (QED) is 0.677. The Morgan fingerprint density at radius 3 is 2.76 bits per heavy atom. The largest absolute Gasteiger partial charge is 0.313 e. The minimum absolute atomic E-state index is 0.922. The zero-order valence-corrected chi connectivity index (χ0v) is 12.4. The molecule has 108 valence electrons. The van der Waals surface area contributed by atoms with Crippen LogP contribution in [0.4, 0.5) is 0 Å². The highest BCUT2D eigenvalue weighted by Gasteiger charge is 2.01. The Kier molecular flexibility index (Phi) is 4.31. The third-order valence-electron chi connectivity index (χ3n) is 3.93. The van der Waals surface area contributed by atoms with Gasteiger partial charge in [-0.05, 0) is 48.2 Å². The summed E-state index contributed by atoms with van der Waals surface area (Å²) >= 11 is 0. The molecule has 0 unspecified atom stereocenters. The number of H-pyrrole nitrogens is 1. The zero-order valence-electron chi connectivity index (χ0n) is 12.4. The molecule has 3 rings (SSSR count). The van der Waals surface area contributed by atoms with E-state index in [0.717, 1.165) is 25.9 Å². The van der Waals surface area contributed by atoms with E-state index in [-0.39, 0.29) is 0 Å². The molecule has 0 saturated heterocycles. The number of rotatable bonds is 6. The number of aromatic amines is 1. The van der Waals surface area contributed by atoms with E-state index in [1.165, 1.54) is 27.6 Å². The number of nitrogens with zero attached hydrogens (tertiary/aromatic N) is 1. The van der Waals surface area contributed by atoms with E-state index in [2.05, 4.69) is 64.9 Å². The fourth-order valence-electron chi connectivity index (χ4n) is 2.70. The van der Waals surface area contributed by atoms with Gasteiger partial charge < -0.3 is 5.32 Å². The molecule has 0 saturated carbocycles. The van der Waals surface area contributed by atoms with Crippen molar-refractivity contribution in [2.24, 2.45) is 0 Å². The lowest BCUT2D eigenvalue weighted by Gasteiger charge is -2.08. The maximum absolute atomic E-state index is 4.06. The molecule has 1 aromatic heterocycles. The minimum atomic E-state index is 0.922. The van der Waals surface area contributed by atoms with Crippen molar-refractivity contribution in [3.8, 4) is 0 Å². The molecule has 0 aliphatic rings.